The van der Waals surface area contributed by atoms with Gasteiger partial charge in [-0.25, -0.2) is 0 Å². The molecule has 3 heterocycles. The molecule has 0 spiro atoms. The maximum absolute atomic E-state index is 6.46. The van der Waals surface area contributed by atoms with Crippen LogP contribution in [-0.4, -0.2) is 87.6 Å². The second-order valence-corrected chi connectivity index (χ2v) is 13.1. The molecule has 1 aromatic heterocycles. The molecule has 0 atom stereocenters. The van der Waals surface area contributed by atoms with Crippen molar-refractivity contribution in [2.45, 2.75) is 115 Å². The lowest BCUT2D eigenvalue weighted by atomic mass is 9.78. The Hall–Kier alpha value is -1.26. The lowest BCUT2D eigenvalue weighted by molar-refractivity contribution is -0.266. The minimum Gasteiger partial charge on any atom is -0.341 e. The molecule has 0 aromatic carbocycles. The van der Waals surface area contributed by atoms with Crippen LogP contribution in [0.25, 0.3) is 0 Å². The van der Waals surface area contributed by atoms with Crippen molar-refractivity contribution >= 4 is 23.5 Å². The van der Waals surface area contributed by atoms with E-state index in [1.807, 2.05) is 0 Å². The number of rotatable bonds is 6. The Morgan fingerprint density at radius 1 is 0.657 bits per heavy atom. The highest BCUT2D eigenvalue weighted by atomic mass is 35.5. The molecule has 2 aliphatic rings. The van der Waals surface area contributed by atoms with Gasteiger partial charge >= 0.3 is 0 Å². The van der Waals surface area contributed by atoms with E-state index >= 15 is 0 Å². The first kappa shape index (κ1) is 28.3. The maximum Gasteiger partial charge on any atom is 0.231 e. The Bertz CT molecular complexity index is 804. The number of aromatic nitrogens is 3. The highest BCUT2D eigenvalue weighted by Crippen LogP contribution is 2.42. The van der Waals surface area contributed by atoms with Gasteiger partial charge in [-0.15, -0.1) is 0 Å². The number of hydrogen-bond acceptors (Lipinski definition) is 9. The van der Waals surface area contributed by atoms with Gasteiger partial charge in [-0.2, -0.15) is 25.1 Å². The van der Waals surface area contributed by atoms with Crippen LogP contribution in [0.5, 0.6) is 0 Å². The standard InChI is InChI=1S/C25H46ClN7O2/c1-22(2)13-17(14-23(3,4)32(22)34-11)30(9)20-27-19(26)28-21(29-20)31(10)18-15-24(5,6)33(35-12)25(7,8)16-18/h17-18H,13-16H2,1-12H3. The molecule has 0 unspecified atom stereocenters. The fourth-order valence-corrected chi connectivity index (χ4v) is 7.08. The largest absolute Gasteiger partial charge is 0.341 e. The second kappa shape index (κ2) is 9.56. The third-order valence-corrected chi connectivity index (χ3v) is 7.98. The van der Waals surface area contributed by atoms with E-state index in [-0.39, 0.29) is 39.5 Å². The summed E-state index contributed by atoms with van der Waals surface area (Å²) in [6, 6.07) is 0.455. The van der Waals surface area contributed by atoms with E-state index in [1.165, 1.54) is 0 Å². The van der Waals surface area contributed by atoms with E-state index in [4.69, 9.17) is 26.3 Å². The number of hydrogen-bond donors (Lipinski definition) is 0. The minimum absolute atomic E-state index is 0.141. The van der Waals surface area contributed by atoms with Crippen LogP contribution in [0.3, 0.4) is 0 Å². The van der Waals surface area contributed by atoms with Gasteiger partial charge in [0.25, 0.3) is 0 Å². The molecule has 0 radical (unpaired) electrons. The summed E-state index contributed by atoms with van der Waals surface area (Å²) in [5.41, 5.74) is -0.562. The third-order valence-electron chi connectivity index (χ3n) is 7.82. The monoisotopic (exact) mass is 511 g/mol. The number of halogens is 1. The van der Waals surface area contributed by atoms with Gasteiger partial charge in [-0.3, -0.25) is 0 Å². The van der Waals surface area contributed by atoms with E-state index in [9.17, 15) is 0 Å². The summed E-state index contributed by atoms with van der Waals surface area (Å²) in [4.78, 5) is 29.8. The van der Waals surface area contributed by atoms with Crippen molar-refractivity contribution in [3.05, 3.63) is 5.28 Å². The Morgan fingerprint density at radius 3 is 1.20 bits per heavy atom. The summed E-state index contributed by atoms with van der Waals surface area (Å²) in [6.45, 7) is 17.7. The summed E-state index contributed by atoms with van der Waals surface area (Å²) in [5, 5.41) is 4.43. The predicted molar refractivity (Wildman–Crippen MR) is 142 cm³/mol. The van der Waals surface area contributed by atoms with Crippen molar-refractivity contribution in [1.29, 1.82) is 0 Å². The Balaban J connectivity index is 1.88. The molecule has 35 heavy (non-hydrogen) atoms. The van der Waals surface area contributed by atoms with Gasteiger partial charge in [0.1, 0.15) is 0 Å². The van der Waals surface area contributed by atoms with E-state index in [1.54, 1.807) is 14.2 Å². The van der Waals surface area contributed by atoms with Crippen LogP contribution in [0.1, 0.15) is 81.1 Å². The van der Waals surface area contributed by atoms with Crippen LogP contribution in [0.4, 0.5) is 11.9 Å². The van der Waals surface area contributed by atoms with Gasteiger partial charge in [-0.1, -0.05) is 0 Å². The van der Waals surface area contributed by atoms with Gasteiger partial charge < -0.3 is 19.5 Å². The number of nitrogens with zero attached hydrogens (tertiary/aromatic N) is 7. The molecule has 2 fully saturated rings. The van der Waals surface area contributed by atoms with Gasteiger partial charge in [0, 0.05) is 48.3 Å². The van der Waals surface area contributed by atoms with Gasteiger partial charge in [0.05, 0.1) is 14.2 Å². The van der Waals surface area contributed by atoms with Crippen LogP contribution < -0.4 is 9.80 Å². The summed E-state index contributed by atoms with van der Waals surface area (Å²) in [6.07, 6.45) is 3.64. The van der Waals surface area contributed by atoms with Gasteiger partial charge in [0.2, 0.25) is 17.2 Å². The molecule has 2 saturated heterocycles. The predicted octanol–water partition coefficient (Wildman–Crippen LogP) is 4.56. The van der Waals surface area contributed by atoms with Crippen LogP contribution >= 0.6 is 11.6 Å². The maximum atomic E-state index is 6.46. The van der Waals surface area contributed by atoms with E-state index in [2.05, 4.69) is 99.4 Å². The molecule has 0 amide bonds. The fourth-order valence-electron chi connectivity index (χ4n) is 6.93. The average Bonchev–Trinajstić information content (AvgIpc) is 2.69. The SMILES string of the molecule is CON1C(C)(C)CC(N(C)c2nc(Cl)nc(N(C)C3CC(C)(C)N(OC)C(C)(C)C3)n2)CC1(C)C. The van der Waals surface area contributed by atoms with Crippen LogP contribution in [0.15, 0.2) is 0 Å². The Labute approximate surface area is 217 Å². The third kappa shape index (κ3) is 5.54. The van der Waals surface area contributed by atoms with Crippen molar-refractivity contribution < 1.29 is 9.68 Å². The highest BCUT2D eigenvalue weighted by Gasteiger charge is 2.49. The average molecular weight is 512 g/mol. The molecule has 0 aliphatic carbocycles. The lowest BCUT2D eigenvalue weighted by Crippen LogP contribution is -2.63. The van der Waals surface area contributed by atoms with Crippen molar-refractivity contribution in [1.82, 2.24) is 25.1 Å². The van der Waals surface area contributed by atoms with E-state index in [0.29, 0.717) is 11.9 Å². The van der Waals surface area contributed by atoms with E-state index < -0.39 is 0 Å². The molecule has 1 aromatic rings. The number of piperidine rings is 2. The molecule has 3 rings (SSSR count). The quantitative estimate of drug-likeness (QED) is 0.546. The smallest absolute Gasteiger partial charge is 0.231 e. The van der Waals surface area contributed by atoms with Crippen molar-refractivity contribution in [3.8, 4) is 0 Å². The Morgan fingerprint density at radius 2 is 0.943 bits per heavy atom. The molecule has 2 aliphatic heterocycles. The van der Waals surface area contributed by atoms with Gasteiger partial charge in [0.15, 0.2) is 0 Å². The fraction of sp³-hybridized carbons (Fsp3) is 0.880. The molecule has 0 N–H and O–H groups in total. The zero-order chi connectivity index (χ0) is 26.6. The second-order valence-electron chi connectivity index (χ2n) is 12.8. The molecular formula is C25H46ClN7O2. The molecule has 9 nitrogen and oxygen atoms in total. The topological polar surface area (TPSA) is 70.1 Å². The number of hydroxylamine groups is 4. The first-order chi connectivity index (χ1) is 15.9. The summed E-state index contributed by atoms with van der Waals surface area (Å²) < 4.78 is 0. The number of anilines is 2. The molecule has 0 saturated carbocycles. The first-order valence-electron chi connectivity index (χ1n) is 12.5. The van der Waals surface area contributed by atoms with Gasteiger partial charge in [-0.05, 0) is 92.7 Å². The summed E-state index contributed by atoms with van der Waals surface area (Å²) in [7, 11) is 7.61. The summed E-state index contributed by atoms with van der Waals surface area (Å²) in [5.74, 6) is 1.20. The lowest BCUT2D eigenvalue weighted by Gasteiger charge is -2.55. The van der Waals surface area contributed by atoms with Crippen molar-refractivity contribution in [3.63, 3.8) is 0 Å². The van der Waals surface area contributed by atoms with Crippen LogP contribution in [-0.2, 0) is 9.68 Å². The minimum atomic E-state index is -0.141. The highest BCUT2D eigenvalue weighted by molar-refractivity contribution is 6.28. The first-order valence-corrected chi connectivity index (χ1v) is 12.9. The molecule has 10 heteroatoms. The zero-order valence-corrected chi connectivity index (χ0v) is 24.6. The normalized spacial score (nSPS) is 24.9. The van der Waals surface area contributed by atoms with Crippen LogP contribution in [0.2, 0.25) is 5.28 Å². The van der Waals surface area contributed by atoms with E-state index in [0.717, 1.165) is 25.7 Å². The van der Waals surface area contributed by atoms with Crippen LogP contribution in [0, 0.1) is 0 Å². The zero-order valence-electron chi connectivity index (χ0n) is 23.8. The van der Waals surface area contributed by atoms with Crippen molar-refractivity contribution in [2.75, 3.05) is 38.1 Å². The summed E-state index contributed by atoms with van der Waals surface area (Å²) >= 11 is 6.46. The van der Waals surface area contributed by atoms with Crippen molar-refractivity contribution in [2.24, 2.45) is 0 Å². The molecule has 0 bridgehead atoms. The molecule has 200 valence electrons. The molecular weight excluding hydrogens is 466 g/mol. The Kier molecular flexibility index (Phi) is 7.73.